The van der Waals surface area contributed by atoms with E-state index in [0.717, 1.165) is 25.7 Å². The van der Waals surface area contributed by atoms with E-state index in [2.05, 4.69) is 16.1 Å². The highest BCUT2D eigenvalue weighted by Crippen LogP contribution is 2.28. The lowest BCUT2D eigenvalue weighted by atomic mass is 9.90. The minimum Gasteiger partial charge on any atom is -0.326 e. The summed E-state index contributed by atoms with van der Waals surface area (Å²) in [5.41, 5.74) is -0.867. The monoisotopic (exact) mass is 424 g/mol. The van der Waals surface area contributed by atoms with Gasteiger partial charge in [-0.05, 0) is 49.9 Å². The fourth-order valence-corrected chi connectivity index (χ4v) is 5.47. The van der Waals surface area contributed by atoms with Crippen molar-refractivity contribution in [3.63, 3.8) is 0 Å². The summed E-state index contributed by atoms with van der Waals surface area (Å²) in [6, 6.07) is 7.78. The summed E-state index contributed by atoms with van der Waals surface area (Å²) in [4.78, 5) is 14.3. The second-order valence-electron chi connectivity index (χ2n) is 7.43. The Morgan fingerprint density at radius 3 is 2.54 bits per heavy atom. The summed E-state index contributed by atoms with van der Waals surface area (Å²) in [6.07, 6.45) is 5.49. The van der Waals surface area contributed by atoms with Crippen LogP contribution in [0.2, 0.25) is 5.02 Å². The first-order chi connectivity index (χ1) is 13.4. The van der Waals surface area contributed by atoms with Crippen molar-refractivity contribution in [2.45, 2.75) is 61.5 Å². The molecule has 7 nitrogen and oxygen atoms in total. The first-order valence-electron chi connectivity index (χ1n) is 9.59. The van der Waals surface area contributed by atoms with Crippen LogP contribution in [0.25, 0.3) is 0 Å². The molecule has 28 heavy (non-hydrogen) atoms. The van der Waals surface area contributed by atoms with E-state index >= 15 is 0 Å². The van der Waals surface area contributed by atoms with Crippen molar-refractivity contribution in [2.24, 2.45) is 0 Å². The van der Waals surface area contributed by atoms with E-state index in [4.69, 9.17) is 11.6 Å². The number of benzene rings is 1. The van der Waals surface area contributed by atoms with E-state index in [0.29, 0.717) is 30.8 Å². The molecule has 2 N–H and O–H groups in total. The molecule has 0 aromatic heterocycles. The third-order valence-electron chi connectivity index (χ3n) is 5.46. The molecule has 3 rings (SSSR count). The highest BCUT2D eigenvalue weighted by molar-refractivity contribution is 7.89. The number of likely N-dealkylation sites (tertiary alicyclic amines) is 1. The number of nitrogens with one attached hydrogen (secondary N) is 2. The van der Waals surface area contributed by atoms with Gasteiger partial charge in [-0.1, -0.05) is 30.9 Å². The molecule has 1 saturated heterocycles. The standard InChI is InChI=1S/C19H25ClN4O3S/c20-15-6-8-17(9-7-15)28(26,27)23-19(10-2-1-3-11-19)22-14-18(25)24-12-4-5-16(24)13-21/h6-9,16,22-23H,1-5,10-12,14H2. The Morgan fingerprint density at radius 1 is 1.21 bits per heavy atom. The molecule has 0 spiro atoms. The average Bonchev–Trinajstić information content (AvgIpc) is 3.16. The van der Waals surface area contributed by atoms with Gasteiger partial charge in [-0.25, -0.2) is 8.42 Å². The fourth-order valence-electron chi connectivity index (χ4n) is 3.95. The highest BCUT2D eigenvalue weighted by Gasteiger charge is 2.37. The Kier molecular flexibility index (Phi) is 6.61. The van der Waals surface area contributed by atoms with Crippen LogP contribution in [0.1, 0.15) is 44.9 Å². The molecule has 1 amide bonds. The number of carbonyl (C=O) groups excluding carboxylic acids is 1. The molecular formula is C19H25ClN4O3S. The van der Waals surface area contributed by atoms with Crippen LogP contribution in [0.4, 0.5) is 0 Å². The number of hydrogen-bond donors (Lipinski definition) is 2. The topological polar surface area (TPSA) is 102 Å². The van der Waals surface area contributed by atoms with E-state index in [9.17, 15) is 18.5 Å². The number of amides is 1. The molecule has 152 valence electrons. The lowest BCUT2D eigenvalue weighted by Gasteiger charge is -2.39. The second-order valence-corrected chi connectivity index (χ2v) is 9.55. The van der Waals surface area contributed by atoms with E-state index in [1.54, 1.807) is 4.90 Å². The van der Waals surface area contributed by atoms with Crippen LogP contribution in [0, 0.1) is 11.3 Å². The Balaban J connectivity index is 1.72. The van der Waals surface area contributed by atoms with Gasteiger partial charge in [0.15, 0.2) is 0 Å². The predicted molar refractivity (Wildman–Crippen MR) is 106 cm³/mol. The number of sulfonamides is 1. The Bertz CT molecular complexity index is 845. The molecule has 1 aliphatic heterocycles. The Labute approximate surface area is 171 Å². The molecule has 0 radical (unpaired) electrons. The SMILES string of the molecule is N#CC1CCCN1C(=O)CNC1(NS(=O)(=O)c2ccc(Cl)cc2)CCCCC1. The smallest absolute Gasteiger partial charge is 0.242 e. The van der Waals surface area contributed by atoms with Crippen LogP contribution in [0.3, 0.4) is 0 Å². The van der Waals surface area contributed by atoms with Gasteiger partial charge in [0.1, 0.15) is 6.04 Å². The maximum absolute atomic E-state index is 12.9. The average molecular weight is 425 g/mol. The van der Waals surface area contributed by atoms with Gasteiger partial charge in [0.2, 0.25) is 15.9 Å². The minimum absolute atomic E-state index is 0.00131. The molecule has 1 heterocycles. The van der Waals surface area contributed by atoms with Gasteiger partial charge in [0, 0.05) is 11.6 Å². The molecule has 9 heteroatoms. The summed E-state index contributed by atoms with van der Waals surface area (Å²) < 4.78 is 28.6. The number of carbonyl (C=O) groups is 1. The van der Waals surface area contributed by atoms with Gasteiger partial charge >= 0.3 is 0 Å². The molecule has 1 aromatic rings. The lowest BCUT2D eigenvalue weighted by molar-refractivity contribution is -0.130. The summed E-state index contributed by atoms with van der Waals surface area (Å²) >= 11 is 5.86. The molecule has 0 bridgehead atoms. The molecule has 1 atom stereocenters. The van der Waals surface area contributed by atoms with E-state index in [-0.39, 0.29) is 23.4 Å². The first-order valence-corrected chi connectivity index (χ1v) is 11.4. The quantitative estimate of drug-likeness (QED) is 0.682. The number of rotatable bonds is 6. The van der Waals surface area contributed by atoms with Crippen molar-refractivity contribution < 1.29 is 13.2 Å². The van der Waals surface area contributed by atoms with Gasteiger partial charge < -0.3 is 4.90 Å². The van der Waals surface area contributed by atoms with Crippen molar-refractivity contribution >= 4 is 27.5 Å². The minimum atomic E-state index is -3.77. The molecule has 1 saturated carbocycles. The third-order valence-corrected chi connectivity index (χ3v) is 7.27. The fraction of sp³-hybridized carbons (Fsp3) is 0.579. The van der Waals surface area contributed by atoms with Crippen LogP contribution in [0.5, 0.6) is 0 Å². The summed E-state index contributed by atoms with van der Waals surface area (Å²) in [5.74, 6) is -0.167. The van der Waals surface area contributed by atoms with Crippen molar-refractivity contribution in [3.8, 4) is 6.07 Å². The van der Waals surface area contributed by atoms with E-state index < -0.39 is 15.7 Å². The van der Waals surface area contributed by atoms with Gasteiger partial charge in [-0.3, -0.25) is 10.1 Å². The van der Waals surface area contributed by atoms with Gasteiger partial charge in [0.05, 0.1) is 23.2 Å². The maximum Gasteiger partial charge on any atom is 0.242 e. The van der Waals surface area contributed by atoms with Crippen molar-refractivity contribution in [3.05, 3.63) is 29.3 Å². The predicted octanol–water partition coefficient (Wildman–Crippen LogP) is 2.38. The van der Waals surface area contributed by atoms with E-state index in [1.165, 1.54) is 24.3 Å². The molecular weight excluding hydrogens is 400 g/mol. The summed E-state index contributed by atoms with van der Waals surface area (Å²) in [7, 11) is -3.77. The van der Waals surface area contributed by atoms with Gasteiger partial charge in [-0.15, -0.1) is 0 Å². The zero-order valence-corrected chi connectivity index (χ0v) is 17.2. The summed E-state index contributed by atoms with van der Waals surface area (Å²) in [5, 5.41) is 12.8. The van der Waals surface area contributed by atoms with Gasteiger partial charge in [0.25, 0.3) is 0 Å². The third kappa shape index (κ3) is 4.84. The van der Waals surface area contributed by atoms with Crippen LogP contribution in [0.15, 0.2) is 29.2 Å². The Hall–Kier alpha value is -1.66. The second kappa shape index (κ2) is 8.78. The number of nitriles is 1. The maximum atomic E-state index is 12.9. The zero-order valence-electron chi connectivity index (χ0n) is 15.7. The van der Waals surface area contributed by atoms with Crippen molar-refractivity contribution in [2.75, 3.05) is 13.1 Å². The van der Waals surface area contributed by atoms with Crippen molar-refractivity contribution in [1.29, 1.82) is 5.26 Å². The number of hydrogen-bond acceptors (Lipinski definition) is 5. The number of nitrogens with zero attached hydrogens (tertiary/aromatic N) is 2. The Morgan fingerprint density at radius 2 is 1.89 bits per heavy atom. The van der Waals surface area contributed by atoms with Crippen molar-refractivity contribution in [1.82, 2.24) is 14.9 Å². The molecule has 2 fully saturated rings. The lowest BCUT2D eigenvalue weighted by Crippen LogP contribution is -2.61. The molecule has 1 unspecified atom stereocenters. The largest absolute Gasteiger partial charge is 0.326 e. The highest BCUT2D eigenvalue weighted by atomic mass is 35.5. The van der Waals surface area contributed by atoms with Crippen LogP contribution in [-0.4, -0.2) is 44.0 Å². The van der Waals surface area contributed by atoms with Crippen LogP contribution >= 0.6 is 11.6 Å². The van der Waals surface area contributed by atoms with Crippen LogP contribution < -0.4 is 10.0 Å². The van der Waals surface area contributed by atoms with Gasteiger partial charge in [-0.2, -0.15) is 9.98 Å². The van der Waals surface area contributed by atoms with E-state index in [1.807, 2.05) is 0 Å². The number of halogens is 1. The molecule has 2 aliphatic rings. The zero-order chi connectivity index (χ0) is 20.2. The molecule has 1 aromatic carbocycles. The molecule has 1 aliphatic carbocycles. The van der Waals surface area contributed by atoms with Crippen LogP contribution in [-0.2, 0) is 14.8 Å². The summed E-state index contributed by atoms with van der Waals surface area (Å²) in [6.45, 7) is 0.573. The first kappa shape index (κ1) is 21.1. The normalized spacial score (nSPS) is 22.0.